The van der Waals surface area contributed by atoms with E-state index in [1.54, 1.807) is 30.0 Å². The highest BCUT2D eigenvalue weighted by atomic mass is 32.2. The van der Waals surface area contributed by atoms with Gasteiger partial charge in [0.2, 0.25) is 0 Å². The molecule has 1 aromatic carbocycles. The number of thioether (sulfide) groups is 1. The first kappa shape index (κ1) is 11.8. The van der Waals surface area contributed by atoms with E-state index in [4.69, 9.17) is 10.3 Å². The maximum absolute atomic E-state index is 9.78. The lowest BCUT2D eigenvalue weighted by Gasteiger charge is -2.01. The number of benzene rings is 1. The van der Waals surface area contributed by atoms with Crippen LogP contribution >= 0.6 is 11.8 Å². The Morgan fingerprint density at radius 2 is 2.29 bits per heavy atom. The molecule has 17 heavy (non-hydrogen) atoms. The molecule has 0 atom stereocenters. The van der Waals surface area contributed by atoms with Crippen molar-refractivity contribution in [3.63, 3.8) is 0 Å². The van der Waals surface area contributed by atoms with Crippen molar-refractivity contribution < 1.29 is 9.63 Å². The van der Waals surface area contributed by atoms with Crippen molar-refractivity contribution in [2.24, 2.45) is 0 Å². The number of anilines is 1. The summed E-state index contributed by atoms with van der Waals surface area (Å²) in [7, 11) is 0. The number of rotatable bonds is 4. The van der Waals surface area contributed by atoms with Gasteiger partial charge in [-0.25, -0.2) is 0 Å². The highest BCUT2D eigenvalue weighted by Crippen LogP contribution is 2.32. The van der Waals surface area contributed by atoms with Gasteiger partial charge in [0.1, 0.15) is 0 Å². The zero-order chi connectivity index (χ0) is 12.3. The van der Waals surface area contributed by atoms with Crippen molar-refractivity contribution in [1.29, 1.82) is 0 Å². The summed E-state index contributed by atoms with van der Waals surface area (Å²) < 4.78 is 5.09. The van der Waals surface area contributed by atoms with Crippen LogP contribution < -0.4 is 5.73 Å². The van der Waals surface area contributed by atoms with Crippen molar-refractivity contribution >= 4 is 17.4 Å². The zero-order valence-corrected chi connectivity index (χ0v) is 10.2. The molecular weight excluding hydrogens is 238 g/mol. The Balaban J connectivity index is 2.27. The first-order valence-electron chi connectivity index (χ1n) is 5.20. The van der Waals surface area contributed by atoms with Crippen LogP contribution in [0.2, 0.25) is 0 Å². The molecule has 3 N–H and O–H groups in total. The van der Waals surface area contributed by atoms with Gasteiger partial charge in [-0.1, -0.05) is 18.1 Å². The molecule has 0 saturated carbocycles. The van der Waals surface area contributed by atoms with E-state index in [9.17, 15) is 5.11 Å². The molecule has 90 valence electrons. The number of para-hydroxylation sites is 1. The van der Waals surface area contributed by atoms with Crippen LogP contribution in [0.5, 0.6) is 5.75 Å². The van der Waals surface area contributed by atoms with Crippen molar-refractivity contribution in [3.05, 3.63) is 24.0 Å². The highest BCUT2D eigenvalue weighted by Gasteiger charge is 2.14. The van der Waals surface area contributed by atoms with Gasteiger partial charge in [-0.2, -0.15) is 16.7 Å². The molecule has 0 unspecified atom stereocenters. The Morgan fingerprint density at radius 3 is 3.06 bits per heavy atom. The molecule has 0 bridgehead atoms. The van der Waals surface area contributed by atoms with Crippen LogP contribution in [-0.4, -0.2) is 21.0 Å². The van der Waals surface area contributed by atoms with Gasteiger partial charge in [-0.05, 0) is 17.9 Å². The number of nitrogens with zero attached hydrogens (tertiary/aromatic N) is 2. The Morgan fingerprint density at radius 1 is 1.47 bits per heavy atom. The molecule has 0 aliphatic heterocycles. The minimum absolute atomic E-state index is 0.0224. The van der Waals surface area contributed by atoms with Gasteiger partial charge in [0, 0.05) is 0 Å². The SMILES string of the molecule is CCSCc1noc(-c2cccc(N)c2O)n1. The fourth-order valence-corrected chi connectivity index (χ4v) is 1.85. The summed E-state index contributed by atoms with van der Waals surface area (Å²) in [5.74, 6) is 2.58. The first-order valence-corrected chi connectivity index (χ1v) is 6.36. The normalized spacial score (nSPS) is 10.6. The average Bonchev–Trinajstić information content (AvgIpc) is 2.78. The van der Waals surface area contributed by atoms with E-state index in [2.05, 4.69) is 17.1 Å². The van der Waals surface area contributed by atoms with Crippen molar-refractivity contribution in [3.8, 4) is 17.2 Å². The Bertz CT molecular complexity index is 513. The van der Waals surface area contributed by atoms with Gasteiger partial charge in [0.05, 0.1) is 17.0 Å². The summed E-state index contributed by atoms with van der Waals surface area (Å²) in [6.07, 6.45) is 0. The number of nitrogens with two attached hydrogens (primary N) is 1. The van der Waals surface area contributed by atoms with E-state index >= 15 is 0 Å². The van der Waals surface area contributed by atoms with Gasteiger partial charge in [0.25, 0.3) is 5.89 Å². The van der Waals surface area contributed by atoms with Gasteiger partial charge >= 0.3 is 0 Å². The molecule has 0 saturated heterocycles. The number of hydrogen-bond acceptors (Lipinski definition) is 6. The van der Waals surface area contributed by atoms with Crippen LogP contribution in [-0.2, 0) is 5.75 Å². The lowest BCUT2D eigenvalue weighted by atomic mass is 10.2. The number of phenolic OH excluding ortho intramolecular Hbond substituents is 1. The molecule has 0 spiro atoms. The van der Waals surface area contributed by atoms with Crippen LogP contribution in [0.15, 0.2) is 22.7 Å². The second-order valence-electron chi connectivity index (χ2n) is 3.40. The summed E-state index contributed by atoms with van der Waals surface area (Å²) in [5, 5.41) is 13.6. The third-order valence-corrected chi connectivity index (χ3v) is 3.07. The quantitative estimate of drug-likeness (QED) is 0.640. The number of nitrogen functional groups attached to an aromatic ring is 1. The third kappa shape index (κ3) is 2.52. The highest BCUT2D eigenvalue weighted by molar-refractivity contribution is 7.98. The topological polar surface area (TPSA) is 85.2 Å². The molecular formula is C11H13N3O2S. The molecule has 2 aromatic rings. The molecule has 0 fully saturated rings. The first-order chi connectivity index (χ1) is 8.22. The number of aromatic hydroxyl groups is 1. The number of phenols is 1. The van der Waals surface area contributed by atoms with Gasteiger partial charge in [-0.3, -0.25) is 0 Å². The average molecular weight is 251 g/mol. The zero-order valence-electron chi connectivity index (χ0n) is 9.38. The van der Waals surface area contributed by atoms with Crippen LogP contribution in [0.25, 0.3) is 11.5 Å². The van der Waals surface area contributed by atoms with Crippen LogP contribution in [0.3, 0.4) is 0 Å². The molecule has 0 aliphatic carbocycles. The second-order valence-corrected chi connectivity index (χ2v) is 4.67. The maximum atomic E-state index is 9.78. The molecule has 1 heterocycles. The molecule has 0 aliphatic rings. The molecule has 6 heteroatoms. The summed E-state index contributed by atoms with van der Waals surface area (Å²) in [4.78, 5) is 4.21. The Labute approximate surface area is 103 Å². The van der Waals surface area contributed by atoms with Crippen molar-refractivity contribution in [2.75, 3.05) is 11.5 Å². The van der Waals surface area contributed by atoms with Gasteiger partial charge < -0.3 is 15.4 Å². The summed E-state index contributed by atoms with van der Waals surface area (Å²) in [5.41, 5.74) is 6.36. The summed E-state index contributed by atoms with van der Waals surface area (Å²) >= 11 is 1.70. The van der Waals surface area contributed by atoms with Crippen LogP contribution in [0.4, 0.5) is 5.69 Å². The predicted molar refractivity (Wildman–Crippen MR) is 67.6 cm³/mol. The van der Waals surface area contributed by atoms with Crippen molar-refractivity contribution in [2.45, 2.75) is 12.7 Å². The van der Waals surface area contributed by atoms with E-state index in [-0.39, 0.29) is 5.75 Å². The van der Waals surface area contributed by atoms with Crippen molar-refractivity contribution in [1.82, 2.24) is 10.1 Å². The predicted octanol–water partition coefficient (Wildman–Crippen LogP) is 2.28. The molecule has 2 rings (SSSR count). The fourth-order valence-electron chi connectivity index (χ4n) is 1.35. The standard InChI is InChI=1S/C11H13N3O2S/c1-2-17-6-9-13-11(16-14-9)7-4-3-5-8(12)10(7)15/h3-5,15H,2,6,12H2,1H3. The van der Waals surface area contributed by atoms with E-state index < -0.39 is 0 Å². The second kappa shape index (κ2) is 5.09. The molecule has 0 amide bonds. The number of aromatic nitrogens is 2. The fraction of sp³-hybridized carbons (Fsp3) is 0.273. The molecule has 0 radical (unpaired) electrons. The smallest absolute Gasteiger partial charge is 0.261 e. The van der Waals surface area contributed by atoms with Crippen LogP contribution in [0, 0.1) is 0 Å². The monoisotopic (exact) mass is 251 g/mol. The van der Waals surface area contributed by atoms with E-state index in [0.717, 1.165) is 5.75 Å². The van der Waals surface area contributed by atoms with Gasteiger partial charge in [-0.15, -0.1) is 0 Å². The third-order valence-electron chi connectivity index (χ3n) is 2.20. The Hall–Kier alpha value is -1.69. The maximum Gasteiger partial charge on any atom is 0.261 e. The number of hydrogen-bond donors (Lipinski definition) is 2. The minimum Gasteiger partial charge on any atom is -0.505 e. The van der Waals surface area contributed by atoms with Crippen LogP contribution in [0.1, 0.15) is 12.7 Å². The molecule has 1 aromatic heterocycles. The lowest BCUT2D eigenvalue weighted by Crippen LogP contribution is -1.88. The molecule has 5 nitrogen and oxygen atoms in total. The summed E-state index contributed by atoms with van der Waals surface area (Å²) in [6.45, 7) is 2.06. The van der Waals surface area contributed by atoms with E-state index in [1.165, 1.54) is 0 Å². The van der Waals surface area contributed by atoms with E-state index in [0.29, 0.717) is 28.7 Å². The minimum atomic E-state index is -0.0224. The summed E-state index contributed by atoms with van der Waals surface area (Å²) in [6, 6.07) is 5.04. The van der Waals surface area contributed by atoms with Gasteiger partial charge in [0.15, 0.2) is 11.6 Å². The lowest BCUT2D eigenvalue weighted by molar-refractivity contribution is 0.420. The van der Waals surface area contributed by atoms with E-state index in [1.807, 2.05) is 0 Å². The Kier molecular flexibility index (Phi) is 3.53. The largest absolute Gasteiger partial charge is 0.505 e.